The summed E-state index contributed by atoms with van der Waals surface area (Å²) in [6.07, 6.45) is 3.24. The number of carbonyl (C=O) groups is 1. The van der Waals surface area contributed by atoms with E-state index >= 15 is 0 Å². The van der Waals surface area contributed by atoms with Crippen molar-refractivity contribution in [3.05, 3.63) is 28.3 Å². The van der Waals surface area contributed by atoms with Gasteiger partial charge in [0, 0.05) is 29.3 Å². The predicted octanol–water partition coefficient (Wildman–Crippen LogP) is 2.39. The molecule has 19 heavy (non-hydrogen) atoms. The van der Waals surface area contributed by atoms with Gasteiger partial charge < -0.3 is 10.1 Å². The second-order valence-electron chi connectivity index (χ2n) is 5.32. The summed E-state index contributed by atoms with van der Waals surface area (Å²) in [5, 5.41) is 3.99. The maximum Gasteiger partial charge on any atom is 0.140 e. The first kappa shape index (κ1) is 12.9. The van der Waals surface area contributed by atoms with E-state index in [1.807, 2.05) is 12.1 Å². The number of ether oxygens (including phenoxy) is 1. The average molecular weight is 280 g/mol. The molecule has 2 heterocycles. The van der Waals surface area contributed by atoms with Crippen LogP contribution in [0.2, 0.25) is 5.02 Å². The summed E-state index contributed by atoms with van der Waals surface area (Å²) in [4.78, 5) is 12.4. The van der Waals surface area contributed by atoms with Gasteiger partial charge in [-0.05, 0) is 43.6 Å². The summed E-state index contributed by atoms with van der Waals surface area (Å²) in [7, 11) is 0. The number of fused-ring (bicyclic) bond motifs is 1. The van der Waals surface area contributed by atoms with Gasteiger partial charge in [0.05, 0.1) is 6.61 Å². The van der Waals surface area contributed by atoms with Gasteiger partial charge in [-0.25, -0.2) is 0 Å². The highest BCUT2D eigenvalue weighted by molar-refractivity contribution is 6.30. The molecule has 0 amide bonds. The Balaban J connectivity index is 1.77. The topological polar surface area (TPSA) is 38.3 Å². The van der Waals surface area contributed by atoms with Gasteiger partial charge in [-0.1, -0.05) is 11.6 Å². The second kappa shape index (κ2) is 5.51. The molecule has 1 saturated heterocycles. The minimum Gasteiger partial charge on any atom is -0.493 e. The van der Waals surface area contributed by atoms with E-state index in [-0.39, 0.29) is 5.92 Å². The molecule has 0 radical (unpaired) electrons. The number of rotatable bonds is 3. The number of hydrogen-bond donors (Lipinski definition) is 1. The van der Waals surface area contributed by atoms with Crippen LogP contribution in [0.25, 0.3) is 0 Å². The van der Waals surface area contributed by atoms with Crippen molar-refractivity contribution in [1.29, 1.82) is 0 Å². The van der Waals surface area contributed by atoms with Crippen molar-refractivity contribution in [3.8, 4) is 5.75 Å². The quantitative estimate of drug-likeness (QED) is 0.923. The van der Waals surface area contributed by atoms with Crippen LogP contribution in [0, 0.1) is 5.92 Å². The number of halogens is 1. The first-order valence-corrected chi connectivity index (χ1v) is 7.29. The zero-order valence-corrected chi connectivity index (χ0v) is 11.6. The molecule has 0 bridgehead atoms. The average Bonchev–Trinajstić information content (AvgIpc) is 2.88. The highest BCUT2D eigenvalue weighted by Gasteiger charge is 2.24. The maximum absolute atomic E-state index is 12.4. The second-order valence-corrected chi connectivity index (χ2v) is 5.76. The van der Waals surface area contributed by atoms with Gasteiger partial charge in [-0.2, -0.15) is 0 Å². The summed E-state index contributed by atoms with van der Waals surface area (Å²) in [5.74, 6) is 1.41. The van der Waals surface area contributed by atoms with E-state index in [1.165, 1.54) is 0 Å². The smallest absolute Gasteiger partial charge is 0.140 e. The van der Waals surface area contributed by atoms with Crippen LogP contribution in [0.3, 0.4) is 0 Å². The van der Waals surface area contributed by atoms with Crippen LogP contribution in [-0.4, -0.2) is 25.5 Å². The number of ketones is 1. The zero-order chi connectivity index (χ0) is 13.2. The van der Waals surface area contributed by atoms with Crippen molar-refractivity contribution in [1.82, 2.24) is 5.32 Å². The van der Waals surface area contributed by atoms with Crippen molar-refractivity contribution in [2.75, 3.05) is 19.7 Å². The lowest BCUT2D eigenvalue weighted by Crippen LogP contribution is -2.32. The van der Waals surface area contributed by atoms with E-state index in [9.17, 15) is 4.79 Å². The van der Waals surface area contributed by atoms with Gasteiger partial charge >= 0.3 is 0 Å². The fraction of sp³-hybridized carbons (Fsp3) is 0.533. The Morgan fingerprint density at radius 2 is 2.16 bits per heavy atom. The van der Waals surface area contributed by atoms with E-state index in [1.54, 1.807) is 0 Å². The van der Waals surface area contributed by atoms with Crippen LogP contribution < -0.4 is 10.1 Å². The molecule has 2 aliphatic heterocycles. The molecule has 0 unspecified atom stereocenters. The van der Waals surface area contributed by atoms with Gasteiger partial charge in [-0.3, -0.25) is 4.79 Å². The molecule has 1 fully saturated rings. The molecule has 1 N–H and O–H groups in total. The van der Waals surface area contributed by atoms with Crippen LogP contribution in [0.1, 0.15) is 24.0 Å². The molecule has 4 heteroatoms. The molecular formula is C15H18ClNO2. The van der Waals surface area contributed by atoms with Gasteiger partial charge in [0.2, 0.25) is 0 Å². The molecule has 0 saturated carbocycles. The van der Waals surface area contributed by atoms with E-state index in [2.05, 4.69) is 5.32 Å². The van der Waals surface area contributed by atoms with E-state index in [0.717, 1.165) is 49.2 Å². The molecule has 0 aliphatic carbocycles. The van der Waals surface area contributed by atoms with Crippen LogP contribution >= 0.6 is 11.6 Å². The monoisotopic (exact) mass is 279 g/mol. The summed E-state index contributed by atoms with van der Waals surface area (Å²) in [6, 6.07) is 3.83. The molecule has 2 aliphatic rings. The molecule has 1 aromatic rings. The molecule has 1 aromatic carbocycles. The minimum absolute atomic E-state index is 0.192. The SMILES string of the molecule is O=C(Cc1cc(Cl)cc2c1OCC2)C1CCNCC1. The number of hydrogen-bond acceptors (Lipinski definition) is 3. The highest BCUT2D eigenvalue weighted by atomic mass is 35.5. The third-order valence-corrected chi connectivity index (χ3v) is 4.20. The first-order valence-electron chi connectivity index (χ1n) is 6.91. The third-order valence-electron chi connectivity index (χ3n) is 3.98. The normalized spacial score (nSPS) is 19.0. The number of piperidine rings is 1. The number of nitrogens with one attached hydrogen (secondary N) is 1. The molecule has 0 spiro atoms. The molecular weight excluding hydrogens is 262 g/mol. The van der Waals surface area contributed by atoms with Crippen LogP contribution in [0.4, 0.5) is 0 Å². The van der Waals surface area contributed by atoms with Gasteiger partial charge in [0.25, 0.3) is 0 Å². The number of Topliss-reactive ketones (excluding diaryl/α,β-unsaturated/α-hetero) is 1. The Morgan fingerprint density at radius 1 is 1.37 bits per heavy atom. The Kier molecular flexibility index (Phi) is 3.76. The van der Waals surface area contributed by atoms with Crippen molar-refractivity contribution in [2.24, 2.45) is 5.92 Å². The Labute approximate surface area is 118 Å². The zero-order valence-electron chi connectivity index (χ0n) is 10.9. The highest BCUT2D eigenvalue weighted by Crippen LogP contribution is 2.33. The van der Waals surface area contributed by atoms with Crippen molar-refractivity contribution in [2.45, 2.75) is 25.7 Å². The van der Waals surface area contributed by atoms with Crippen LogP contribution in [0.15, 0.2) is 12.1 Å². The molecule has 3 rings (SSSR count). The largest absolute Gasteiger partial charge is 0.493 e. The van der Waals surface area contributed by atoms with Crippen molar-refractivity contribution in [3.63, 3.8) is 0 Å². The van der Waals surface area contributed by atoms with Gasteiger partial charge in [0.15, 0.2) is 0 Å². The lowest BCUT2D eigenvalue weighted by atomic mass is 9.89. The van der Waals surface area contributed by atoms with Crippen LogP contribution in [-0.2, 0) is 17.6 Å². The van der Waals surface area contributed by atoms with Crippen molar-refractivity contribution >= 4 is 17.4 Å². The summed E-state index contributed by atoms with van der Waals surface area (Å²) in [5.41, 5.74) is 2.10. The molecule has 0 aromatic heterocycles. The maximum atomic E-state index is 12.4. The van der Waals surface area contributed by atoms with Gasteiger partial charge in [0.1, 0.15) is 11.5 Å². The van der Waals surface area contributed by atoms with Gasteiger partial charge in [-0.15, -0.1) is 0 Å². The summed E-state index contributed by atoms with van der Waals surface area (Å²) >= 11 is 6.12. The third kappa shape index (κ3) is 2.77. The molecule has 0 atom stereocenters. The Bertz CT molecular complexity index is 495. The standard InChI is InChI=1S/C15H18ClNO2/c16-13-7-11-3-6-19-15(11)12(8-13)9-14(18)10-1-4-17-5-2-10/h7-8,10,17H,1-6,9H2. The number of benzene rings is 1. The van der Waals surface area contributed by atoms with Crippen LogP contribution in [0.5, 0.6) is 5.75 Å². The summed E-state index contributed by atoms with van der Waals surface area (Å²) in [6.45, 7) is 2.59. The molecule has 3 nitrogen and oxygen atoms in total. The van der Waals surface area contributed by atoms with E-state index in [4.69, 9.17) is 16.3 Å². The number of carbonyl (C=O) groups excluding carboxylic acids is 1. The van der Waals surface area contributed by atoms with Crippen molar-refractivity contribution < 1.29 is 9.53 Å². The van der Waals surface area contributed by atoms with E-state index in [0.29, 0.717) is 23.8 Å². The van der Waals surface area contributed by atoms with E-state index < -0.39 is 0 Å². The minimum atomic E-state index is 0.192. The summed E-state index contributed by atoms with van der Waals surface area (Å²) < 4.78 is 5.65. The fourth-order valence-corrected chi connectivity index (χ4v) is 3.22. The fourth-order valence-electron chi connectivity index (χ4n) is 2.95. The predicted molar refractivity (Wildman–Crippen MR) is 75.0 cm³/mol. The lowest BCUT2D eigenvalue weighted by molar-refractivity contribution is -0.122. The first-order chi connectivity index (χ1) is 9.24. The Hall–Kier alpha value is -1.06. The Morgan fingerprint density at radius 3 is 2.95 bits per heavy atom. The molecule has 102 valence electrons. The lowest BCUT2D eigenvalue weighted by Gasteiger charge is -2.21.